The molecule has 8 nitrogen and oxygen atoms in total. The SMILES string of the molecule is O=C(NCCCS(=O)(=O)Cc1ccccc1)Nc1cccc(N2CCOC2=O)c1. The molecule has 2 aromatic carbocycles. The van der Waals surface area contributed by atoms with Crippen LogP contribution in [0.4, 0.5) is 21.0 Å². The van der Waals surface area contributed by atoms with Crippen LogP contribution >= 0.6 is 0 Å². The Labute approximate surface area is 169 Å². The van der Waals surface area contributed by atoms with Crippen LogP contribution in [-0.4, -0.2) is 46.0 Å². The zero-order chi connectivity index (χ0) is 20.7. The number of benzene rings is 2. The van der Waals surface area contributed by atoms with Crippen LogP contribution in [-0.2, 0) is 20.3 Å². The fourth-order valence-corrected chi connectivity index (χ4v) is 4.38. The van der Waals surface area contributed by atoms with Crippen LogP contribution in [0.3, 0.4) is 0 Å². The second-order valence-electron chi connectivity index (χ2n) is 6.63. The van der Waals surface area contributed by atoms with E-state index in [0.29, 0.717) is 30.9 Å². The fourth-order valence-electron chi connectivity index (χ4n) is 2.95. The lowest BCUT2D eigenvalue weighted by atomic mass is 10.2. The zero-order valence-electron chi connectivity index (χ0n) is 15.8. The lowest BCUT2D eigenvalue weighted by Crippen LogP contribution is -2.30. The van der Waals surface area contributed by atoms with Crippen LogP contribution in [0.15, 0.2) is 54.6 Å². The predicted molar refractivity (Wildman–Crippen MR) is 111 cm³/mol. The van der Waals surface area contributed by atoms with Gasteiger partial charge in [0.05, 0.1) is 18.1 Å². The number of anilines is 2. The van der Waals surface area contributed by atoms with Gasteiger partial charge in [-0.3, -0.25) is 4.90 Å². The number of carbonyl (C=O) groups excluding carboxylic acids is 2. The van der Waals surface area contributed by atoms with Gasteiger partial charge in [-0.25, -0.2) is 18.0 Å². The lowest BCUT2D eigenvalue weighted by molar-refractivity contribution is 0.181. The van der Waals surface area contributed by atoms with Crippen molar-refractivity contribution in [2.75, 3.05) is 35.7 Å². The maximum absolute atomic E-state index is 12.2. The molecule has 29 heavy (non-hydrogen) atoms. The molecule has 154 valence electrons. The van der Waals surface area contributed by atoms with Gasteiger partial charge in [0, 0.05) is 17.9 Å². The van der Waals surface area contributed by atoms with Crippen molar-refractivity contribution in [3.63, 3.8) is 0 Å². The summed E-state index contributed by atoms with van der Waals surface area (Å²) in [7, 11) is -3.23. The number of nitrogens with one attached hydrogen (secondary N) is 2. The van der Waals surface area contributed by atoms with Gasteiger partial charge in [0.25, 0.3) is 0 Å². The minimum atomic E-state index is -3.23. The number of ether oxygens (including phenoxy) is 1. The van der Waals surface area contributed by atoms with Gasteiger partial charge in [-0.15, -0.1) is 0 Å². The van der Waals surface area contributed by atoms with Gasteiger partial charge in [0.2, 0.25) is 0 Å². The van der Waals surface area contributed by atoms with E-state index in [9.17, 15) is 18.0 Å². The molecule has 2 N–H and O–H groups in total. The summed E-state index contributed by atoms with van der Waals surface area (Å²) >= 11 is 0. The van der Waals surface area contributed by atoms with Gasteiger partial charge < -0.3 is 15.4 Å². The number of hydrogen-bond donors (Lipinski definition) is 2. The average Bonchev–Trinajstić information content (AvgIpc) is 3.12. The normalized spacial score (nSPS) is 13.8. The standard InChI is InChI=1S/C20H23N3O5S/c24-19(21-10-5-13-29(26,27)15-16-6-2-1-3-7-16)22-17-8-4-9-18(14-17)23-11-12-28-20(23)25/h1-4,6-9,14H,5,10-13,15H2,(H2,21,22,24). The van der Waals surface area contributed by atoms with Gasteiger partial charge >= 0.3 is 12.1 Å². The average molecular weight is 417 g/mol. The topological polar surface area (TPSA) is 105 Å². The van der Waals surface area contributed by atoms with Crippen LogP contribution < -0.4 is 15.5 Å². The molecule has 0 atom stereocenters. The summed E-state index contributed by atoms with van der Waals surface area (Å²) < 4.78 is 29.2. The van der Waals surface area contributed by atoms with E-state index < -0.39 is 22.0 Å². The number of sulfone groups is 1. The quantitative estimate of drug-likeness (QED) is 0.643. The van der Waals surface area contributed by atoms with E-state index in [1.54, 1.807) is 48.5 Å². The Balaban J connectivity index is 1.43. The zero-order valence-corrected chi connectivity index (χ0v) is 16.7. The van der Waals surface area contributed by atoms with Crippen molar-refractivity contribution in [3.8, 4) is 0 Å². The van der Waals surface area contributed by atoms with Gasteiger partial charge in [0.1, 0.15) is 6.61 Å². The second-order valence-corrected chi connectivity index (χ2v) is 8.81. The lowest BCUT2D eigenvalue weighted by Gasteiger charge is -2.14. The van der Waals surface area contributed by atoms with E-state index in [-0.39, 0.29) is 18.1 Å². The van der Waals surface area contributed by atoms with Gasteiger partial charge in [-0.1, -0.05) is 36.4 Å². The Bertz CT molecular complexity index is 963. The number of nitrogens with zero attached hydrogens (tertiary/aromatic N) is 1. The third kappa shape index (κ3) is 6.21. The number of hydrogen-bond acceptors (Lipinski definition) is 5. The summed E-state index contributed by atoms with van der Waals surface area (Å²) in [6, 6.07) is 15.4. The maximum atomic E-state index is 12.2. The van der Waals surface area contributed by atoms with Gasteiger partial charge in [-0.05, 0) is 30.2 Å². The van der Waals surface area contributed by atoms with Crippen molar-refractivity contribution in [1.29, 1.82) is 0 Å². The first-order chi connectivity index (χ1) is 13.9. The van der Waals surface area contributed by atoms with E-state index in [1.807, 2.05) is 6.07 Å². The number of cyclic esters (lactones) is 1. The third-order valence-electron chi connectivity index (χ3n) is 4.32. The van der Waals surface area contributed by atoms with E-state index in [2.05, 4.69) is 10.6 Å². The largest absolute Gasteiger partial charge is 0.447 e. The summed E-state index contributed by atoms with van der Waals surface area (Å²) in [6.07, 6.45) is -0.0919. The van der Waals surface area contributed by atoms with Crippen LogP contribution in [0, 0.1) is 0 Å². The molecule has 3 rings (SSSR count). The molecule has 2 aromatic rings. The highest BCUT2D eigenvalue weighted by Crippen LogP contribution is 2.22. The maximum Gasteiger partial charge on any atom is 0.414 e. The Morgan fingerprint density at radius 2 is 1.90 bits per heavy atom. The third-order valence-corrected chi connectivity index (χ3v) is 6.01. The molecule has 0 aliphatic carbocycles. The highest BCUT2D eigenvalue weighted by Gasteiger charge is 2.23. The van der Waals surface area contributed by atoms with Crippen molar-refractivity contribution >= 4 is 33.3 Å². The molecule has 1 heterocycles. The Hall–Kier alpha value is -3.07. The Morgan fingerprint density at radius 3 is 2.62 bits per heavy atom. The van der Waals surface area contributed by atoms with E-state index in [1.165, 1.54) is 4.90 Å². The molecule has 0 spiro atoms. The van der Waals surface area contributed by atoms with Crippen molar-refractivity contribution in [2.45, 2.75) is 12.2 Å². The molecule has 0 aromatic heterocycles. The number of carbonyl (C=O) groups is 2. The molecule has 0 saturated carbocycles. The first-order valence-electron chi connectivity index (χ1n) is 9.26. The molecule has 1 saturated heterocycles. The van der Waals surface area contributed by atoms with E-state index in [0.717, 1.165) is 5.56 Å². The van der Waals surface area contributed by atoms with E-state index >= 15 is 0 Å². The summed E-state index contributed by atoms with van der Waals surface area (Å²) in [5.41, 5.74) is 1.91. The Kier molecular flexibility index (Phi) is 6.71. The van der Waals surface area contributed by atoms with Crippen LogP contribution in [0.5, 0.6) is 0 Å². The molecule has 1 fully saturated rings. The summed E-state index contributed by atoms with van der Waals surface area (Å²) in [6.45, 7) is 1.04. The first kappa shape index (κ1) is 20.7. The summed E-state index contributed by atoms with van der Waals surface area (Å²) in [5, 5.41) is 5.33. The number of rotatable bonds is 8. The summed E-state index contributed by atoms with van der Waals surface area (Å²) in [4.78, 5) is 25.2. The minimum Gasteiger partial charge on any atom is -0.447 e. The molecule has 9 heteroatoms. The summed E-state index contributed by atoms with van der Waals surface area (Å²) in [5.74, 6) is -0.0134. The molecular formula is C20H23N3O5S. The Morgan fingerprint density at radius 1 is 1.10 bits per heavy atom. The van der Waals surface area contributed by atoms with Gasteiger partial charge in [0.15, 0.2) is 9.84 Å². The van der Waals surface area contributed by atoms with Crippen LogP contribution in [0.2, 0.25) is 0 Å². The highest BCUT2D eigenvalue weighted by atomic mass is 32.2. The monoisotopic (exact) mass is 417 g/mol. The predicted octanol–water partition coefficient (Wildman–Crippen LogP) is 2.77. The molecule has 3 amide bonds. The highest BCUT2D eigenvalue weighted by molar-refractivity contribution is 7.90. The molecular weight excluding hydrogens is 394 g/mol. The van der Waals surface area contributed by atoms with Crippen LogP contribution in [0.25, 0.3) is 0 Å². The second kappa shape index (κ2) is 9.42. The molecule has 1 aliphatic rings. The van der Waals surface area contributed by atoms with Crippen molar-refractivity contribution in [2.24, 2.45) is 0 Å². The van der Waals surface area contributed by atoms with Crippen LogP contribution in [0.1, 0.15) is 12.0 Å². The molecule has 0 unspecified atom stereocenters. The number of urea groups is 1. The molecule has 0 radical (unpaired) electrons. The van der Waals surface area contributed by atoms with E-state index in [4.69, 9.17) is 4.74 Å². The first-order valence-corrected chi connectivity index (χ1v) is 11.1. The minimum absolute atomic E-state index is 0.00523. The van der Waals surface area contributed by atoms with Crippen molar-refractivity contribution < 1.29 is 22.7 Å². The molecule has 0 bridgehead atoms. The molecule has 1 aliphatic heterocycles. The van der Waals surface area contributed by atoms with Gasteiger partial charge in [-0.2, -0.15) is 0 Å². The smallest absolute Gasteiger partial charge is 0.414 e. The van der Waals surface area contributed by atoms with Crippen molar-refractivity contribution in [3.05, 3.63) is 60.2 Å². The fraction of sp³-hybridized carbons (Fsp3) is 0.300. The number of amides is 3. The van der Waals surface area contributed by atoms with Crippen molar-refractivity contribution in [1.82, 2.24) is 5.32 Å².